The normalized spacial score (nSPS) is 11.0. The zero-order valence-corrected chi connectivity index (χ0v) is 19.7. The van der Waals surface area contributed by atoms with Crippen molar-refractivity contribution in [3.63, 3.8) is 0 Å². The topological polar surface area (TPSA) is 62.1 Å². The van der Waals surface area contributed by atoms with Crippen LogP contribution in [0.15, 0.2) is 70.7 Å². The number of rotatable bonds is 6. The molecule has 0 aliphatic carbocycles. The maximum atomic E-state index is 12.6. The van der Waals surface area contributed by atoms with Crippen LogP contribution in [0.1, 0.15) is 11.1 Å². The first-order valence-corrected chi connectivity index (χ1v) is 10.8. The van der Waals surface area contributed by atoms with Crippen LogP contribution in [0.4, 0.5) is 5.69 Å². The summed E-state index contributed by atoms with van der Waals surface area (Å²) in [5.41, 5.74) is 1.70. The number of nitrogens with one attached hydrogen (secondary N) is 1. The summed E-state index contributed by atoms with van der Waals surface area (Å²) in [6.07, 6.45) is 1.46. The number of nitrogens with zero attached hydrogens (tertiary/aromatic N) is 1. The Kier molecular flexibility index (Phi) is 8.00. The summed E-state index contributed by atoms with van der Waals surface area (Å²) >= 11 is 21.5. The molecule has 0 heterocycles. The molecule has 3 aromatic rings. The predicted octanol–water partition coefficient (Wildman–Crippen LogP) is 7.53. The monoisotopic (exact) mass is 534 g/mol. The molecule has 0 bridgehead atoms. The van der Waals surface area contributed by atoms with Gasteiger partial charge in [0.25, 0.3) is 5.91 Å². The SMILES string of the molecule is N#C/C(=C\c1cc(Br)ccc1OCc1ccc(Cl)cc1Cl)C(=O)Nc1cccc(Cl)c1. The summed E-state index contributed by atoms with van der Waals surface area (Å²) in [5, 5.41) is 13.7. The Labute approximate surface area is 203 Å². The lowest BCUT2D eigenvalue weighted by Crippen LogP contribution is -2.13. The number of ether oxygens (including phenoxy) is 1. The Bertz CT molecular complexity index is 1210. The highest BCUT2D eigenvalue weighted by Gasteiger charge is 2.13. The third kappa shape index (κ3) is 6.49. The van der Waals surface area contributed by atoms with Gasteiger partial charge < -0.3 is 10.1 Å². The Balaban J connectivity index is 1.84. The zero-order chi connectivity index (χ0) is 22.4. The fraction of sp³-hybridized carbons (Fsp3) is 0.0435. The standard InChI is InChI=1S/C23H14BrCl3N2O2/c24-17-5-7-22(31-13-14-4-6-19(26)11-21(14)27)15(9-17)8-16(12-28)23(30)29-20-3-1-2-18(25)10-20/h1-11H,13H2,(H,29,30)/b16-8+. The molecule has 31 heavy (non-hydrogen) atoms. The number of amides is 1. The molecular weight excluding hydrogens is 523 g/mol. The second kappa shape index (κ2) is 10.7. The number of carbonyl (C=O) groups excluding carboxylic acids is 1. The van der Waals surface area contributed by atoms with Crippen molar-refractivity contribution < 1.29 is 9.53 Å². The molecule has 1 N–H and O–H groups in total. The Morgan fingerprint density at radius 1 is 1.06 bits per heavy atom. The summed E-state index contributed by atoms with van der Waals surface area (Å²) in [6.45, 7) is 0.190. The zero-order valence-electron chi connectivity index (χ0n) is 15.8. The van der Waals surface area contributed by atoms with E-state index in [1.807, 2.05) is 6.07 Å². The van der Waals surface area contributed by atoms with Crippen LogP contribution in [0.25, 0.3) is 6.08 Å². The summed E-state index contributed by atoms with van der Waals surface area (Å²) in [5.74, 6) is -0.0750. The van der Waals surface area contributed by atoms with Crippen molar-refractivity contribution in [2.75, 3.05) is 5.32 Å². The first-order valence-electron chi connectivity index (χ1n) is 8.90. The molecule has 3 aromatic carbocycles. The van der Waals surface area contributed by atoms with Crippen LogP contribution in [-0.2, 0) is 11.4 Å². The molecular formula is C23H14BrCl3N2O2. The van der Waals surface area contributed by atoms with Gasteiger partial charge in [-0.15, -0.1) is 0 Å². The highest BCUT2D eigenvalue weighted by molar-refractivity contribution is 9.10. The fourth-order valence-electron chi connectivity index (χ4n) is 2.63. The van der Waals surface area contributed by atoms with E-state index < -0.39 is 5.91 Å². The van der Waals surface area contributed by atoms with E-state index in [2.05, 4.69) is 21.2 Å². The molecule has 156 valence electrons. The van der Waals surface area contributed by atoms with Crippen LogP contribution in [0.5, 0.6) is 5.75 Å². The maximum absolute atomic E-state index is 12.6. The largest absolute Gasteiger partial charge is 0.488 e. The third-order valence-electron chi connectivity index (χ3n) is 4.12. The summed E-state index contributed by atoms with van der Waals surface area (Å²) < 4.78 is 6.67. The minimum atomic E-state index is -0.559. The molecule has 0 aliphatic rings. The Morgan fingerprint density at radius 3 is 2.55 bits per heavy atom. The summed E-state index contributed by atoms with van der Waals surface area (Å²) in [7, 11) is 0. The van der Waals surface area contributed by atoms with Gasteiger partial charge in [0, 0.05) is 36.4 Å². The van der Waals surface area contributed by atoms with Crippen molar-refractivity contribution in [1.82, 2.24) is 0 Å². The van der Waals surface area contributed by atoms with Crippen molar-refractivity contribution in [3.05, 3.63) is 96.9 Å². The van der Waals surface area contributed by atoms with Gasteiger partial charge in [-0.3, -0.25) is 4.79 Å². The number of nitriles is 1. The van der Waals surface area contributed by atoms with E-state index in [1.165, 1.54) is 6.08 Å². The van der Waals surface area contributed by atoms with Gasteiger partial charge in [-0.2, -0.15) is 5.26 Å². The van der Waals surface area contributed by atoms with Crippen molar-refractivity contribution in [1.29, 1.82) is 5.26 Å². The van der Waals surface area contributed by atoms with Gasteiger partial charge in [-0.1, -0.05) is 62.9 Å². The predicted molar refractivity (Wildman–Crippen MR) is 129 cm³/mol. The average molecular weight is 537 g/mol. The first kappa shape index (κ1) is 23.2. The molecule has 0 radical (unpaired) electrons. The summed E-state index contributed by atoms with van der Waals surface area (Å²) in [4.78, 5) is 12.6. The lowest BCUT2D eigenvalue weighted by Gasteiger charge is -2.12. The second-order valence-electron chi connectivity index (χ2n) is 6.34. The van der Waals surface area contributed by atoms with Crippen LogP contribution in [0.3, 0.4) is 0 Å². The van der Waals surface area contributed by atoms with E-state index in [0.717, 1.165) is 10.0 Å². The van der Waals surface area contributed by atoms with Gasteiger partial charge in [-0.25, -0.2) is 0 Å². The van der Waals surface area contributed by atoms with Gasteiger partial charge in [0.2, 0.25) is 0 Å². The van der Waals surface area contributed by atoms with Crippen molar-refractivity contribution in [2.45, 2.75) is 6.61 Å². The average Bonchev–Trinajstić information content (AvgIpc) is 2.72. The van der Waals surface area contributed by atoms with Crippen LogP contribution >= 0.6 is 50.7 Å². The highest BCUT2D eigenvalue weighted by atomic mass is 79.9. The number of anilines is 1. The van der Waals surface area contributed by atoms with Crippen molar-refractivity contribution in [2.24, 2.45) is 0 Å². The lowest BCUT2D eigenvalue weighted by atomic mass is 10.1. The summed E-state index contributed by atoms with van der Waals surface area (Å²) in [6, 6.07) is 19.0. The maximum Gasteiger partial charge on any atom is 0.266 e. The minimum absolute atomic E-state index is 0.0903. The molecule has 8 heteroatoms. The van der Waals surface area contributed by atoms with Crippen molar-refractivity contribution >= 4 is 68.4 Å². The van der Waals surface area contributed by atoms with E-state index in [4.69, 9.17) is 39.5 Å². The molecule has 0 saturated carbocycles. The lowest BCUT2D eigenvalue weighted by molar-refractivity contribution is -0.112. The van der Waals surface area contributed by atoms with Crippen LogP contribution < -0.4 is 10.1 Å². The van der Waals surface area contributed by atoms with E-state index >= 15 is 0 Å². The van der Waals surface area contributed by atoms with E-state index in [9.17, 15) is 10.1 Å². The van der Waals surface area contributed by atoms with Gasteiger partial charge in [-0.05, 0) is 54.6 Å². The van der Waals surface area contributed by atoms with Crippen LogP contribution in [-0.4, -0.2) is 5.91 Å². The smallest absolute Gasteiger partial charge is 0.266 e. The Hall–Kier alpha value is -2.49. The molecule has 3 rings (SSSR count). The van der Waals surface area contributed by atoms with E-state index in [0.29, 0.717) is 32.1 Å². The van der Waals surface area contributed by atoms with E-state index in [1.54, 1.807) is 60.7 Å². The number of carbonyl (C=O) groups is 1. The van der Waals surface area contributed by atoms with Gasteiger partial charge >= 0.3 is 0 Å². The molecule has 0 unspecified atom stereocenters. The Morgan fingerprint density at radius 2 is 1.84 bits per heavy atom. The van der Waals surface area contributed by atoms with Crippen LogP contribution in [0.2, 0.25) is 15.1 Å². The number of benzene rings is 3. The molecule has 0 aromatic heterocycles. The molecule has 0 atom stereocenters. The molecule has 0 aliphatic heterocycles. The molecule has 0 saturated heterocycles. The first-order chi connectivity index (χ1) is 14.9. The van der Waals surface area contributed by atoms with Gasteiger partial charge in [0.15, 0.2) is 0 Å². The minimum Gasteiger partial charge on any atom is -0.488 e. The molecule has 0 fully saturated rings. The quantitative estimate of drug-likeness (QED) is 0.262. The number of halogens is 4. The fourth-order valence-corrected chi connectivity index (χ4v) is 3.66. The number of hydrogen-bond donors (Lipinski definition) is 1. The number of hydrogen-bond acceptors (Lipinski definition) is 3. The third-order valence-corrected chi connectivity index (χ3v) is 5.43. The highest BCUT2D eigenvalue weighted by Crippen LogP contribution is 2.28. The second-order valence-corrected chi connectivity index (χ2v) is 8.54. The van der Waals surface area contributed by atoms with E-state index in [-0.39, 0.29) is 12.2 Å². The van der Waals surface area contributed by atoms with Gasteiger partial charge in [0.05, 0.1) is 0 Å². The molecule has 0 spiro atoms. The van der Waals surface area contributed by atoms with Crippen LogP contribution in [0, 0.1) is 11.3 Å². The molecule has 4 nitrogen and oxygen atoms in total. The molecule has 1 amide bonds. The van der Waals surface area contributed by atoms with Gasteiger partial charge in [0.1, 0.15) is 24.0 Å². The van der Waals surface area contributed by atoms with Crippen molar-refractivity contribution in [3.8, 4) is 11.8 Å².